The average molecular weight is 1060 g/mol. The molecular formula is C81H90. The van der Waals surface area contributed by atoms with Gasteiger partial charge in [0.25, 0.3) is 0 Å². The molecule has 0 nitrogen and oxygen atoms in total. The Morgan fingerprint density at radius 3 is 1.10 bits per heavy atom. The maximum atomic E-state index is 2.46. The van der Waals surface area contributed by atoms with Gasteiger partial charge in [0, 0.05) is 0 Å². The highest BCUT2D eigenvalue weighted by Gasteiger charge is 2.26. The minimum atomic E-state index is 0.121. The van der Waals surface area contributed by atoms with Crippen LogP contribution in [0.25, 0.3) is 86.2 Å². The van der Waals surface area contributed by atoms with Crippen LogP contribution < -0.4 is 0 Å². The van der Waals surface area contributed by atoms with Gasteiger partial charge in [-0.15, -0.1) is 0 Å². The first-order valence-electron chi connectivity index (χ1n) is 29.7. The third-order valence-corrected chi connectivity index (χ3v) is 17.0. The van der Waals surface area contributed by atoms with Crippen LogP contribution in [0.1, 0.15) is 159 Å². The molecule has 0 amide bonds. The summed E-state index contributed by atoms with van der Waals surface area (Å²) in [4.78, 5) is 0. The van der Waals surface area contributed by atoms with E-state index in [9.17, 15) is 0 Å². The van der Waals surface area contributed by atoms with Crippen molar-refractivity contribution in [3.63, 3.8) is 0 Å². The predicted molar refractivity (Wildman–Crippen MR) is 363 cm³/mol. The Bertz CT molecular complexity index is 4300. The molecule has 0 aliphatic carbocycles. The van der Waals surface area contributed by atoms with Crippen LogP contribution in [0.3, 0.4) is 0 Å². The molecule has 0 heteroatoms. The van der Waals surface area contributed by atoms with Crippen molar-refractivity contribution in [2.24, 2.45) is 0 Å². The summed E-state index contributed by atoms with van der Waals surface area (Å²) in [5, 5.41) is 21.6. The second kappa shape index (κ2) is 21.9. The molecule has 0 aromatic heterocycles. The lowest BCUT2D eigenvalue weighted by Gasteiger charge is -2.29. The molecule has 12 rings (SSSR count). The molecule has 0 atom stereocenters. The molecule has 0 aliphatic rings. The van der Waals surface area contributed by atoms with Crippen LogP contribution in [0, 0.1) is 34.6 Å². The van der Waals surface area contributed by atoms with Crippen molar-refractivity contribution >= 4 is 86.2 Å². The smallest absolute Gasteiger partial charge is 0.00651 e. The van der Waals surface area contributed by atoms with Crippen LogP contribution in [0.4, 0.5) is 0 Å². The van der Waals surface area contributed by atoms with Crippen LogP contribution in [0.2, 0.25) is 0 Å². The van der Waals surface area contributed by atoms with Crippen molar-refractivity contribution in [2.75, 3.05) is 0 Å². The lowest BCUT2D eigenvalue weighted by molar-refractivity contribution is 0.570. The zero-order chi connectivity index (χ0) is 58.7. The summed E-state index contributed by atoms with van der Waals surface area (Å²) in [6, 6.07) is 67.1. The third-order valence-electron chi connectivity index (χ3n) is 17.0. The van der Waals surface area contributed by atoms with E-state index in [0.717, 1.165) is 0 Å². The van der Waals surface area contributed by atoms with Crippen LogP contribution in [0.15, 0.2) is 182 Å². The van der Waals surface area contributed by atoms with Crippen LogP contribution in [-0.2, 0) is 27.1 Å². The van der Waals surface area contributed by atoms with E-state index in [2.05, 4.69) is 320 Å². The first kappa shape index (κ1) is 58.4. The Kier molecular flexibility index (Phi) is 15.8. The van der Waals surface area contributed by atoms with Gasteiger partial charge < -0.3 is 0 Å². The minimum Gasteiger partial charge on any atom is -0.0616 e. The van der Waals surface area contributed by atoms with Crippen molar-refractivity contribution in [3.8, 4) is 0 Å². The highest BCUT2D eigenvalue weighted by molar-refractivity contribution is 6.11. The molecule has 81 heavy (non-hydrogen) atoms. The SMILES string of the molecule is Cc1c(C(C)(C)C)cc(C(C)(C)C)c2c1ccc1ccccc12.Cc1c(C(C)(C)C)ccc2cc3ccccc3cc12.Cc1cc2cc3ccccc3cc2c(C(C)(C)C)c1C.Cc1cc2cc3ccccc3cc2cc1C(C)(C)C. The van der Waals surface area contributed by atoms with E-state index in [0.29, 0.717) is 0 Å². The molecule has 0 unspecified atom stereocenters. The molecule has 0 spiro atoms. The summed E-state index contributed by atoms with van der Waals surface area (Å²) in [6.07, 6.45) is 0. The molecule has 0 N–H and O–H groups in total. The van der Waals surface area contributed by atoms with E-state index in [1.54, 1.807) is 0 Å². The third kappa shape index (κ3) is 12.2. The number of hydrogen-bond donors (Lipinski definition) is 0. The van der Waals surface area contributed by atoms with E-state index >= 15 is 0 Å². The van der Waals surface area contributed by atoms with Crippen molar-refractivity contribution in [1.29, 1.82) is 0 Å². The summed E-state index contributed by atoms with van der Waals surface area (Å²) >= 11 is 0. The molecule has 12 aromatic rings. The first-order chi connectivity index (χ1) is 37.9. The van der Waals surface area contributed by atoms with E-state index in [4.69, 9.17) is 0 Å². The lowest BCUT2D eigenvalue weighted by Crippen LogP contribution is -2.18. The fourth-order valence-corrected chi connectivity index (χ4v) is 12.9. The molecule has 0 saturated heterocycles. The Balaban J connectivity index is 0.000000131. The van der Waals surface area contributed by atoms with Gasteiger partial charge in [-0.05, 0) is 240 Å². The quantitative estimate of drug-likeness (QED) is 0.105. The zero-order valence-corrected chi connectivity index (χ0v) is 52.8. The average Bonchev–Trinajstić information content (AvgIpc) is 2.95. The highest BCUT2D eigenvalue weighted by Crippen LogP contribution is 2.42. The first-order valence-corrected chi connectivity index (χ1v) is 29.7. The normalized spacial score (nSPS) is 12.4. The molecule has 12 aromatic carbocycles. The lowest BCUT2D eigenvalue weighted by atomic mass is 9.75. The summed E-state index contributed by atoms with van der Waals surface area (Å²) in [7, 11) is 0. The van der Waals surface area contributed by atoms with Gasteiger partial charge in [0.15, 0.2) is 0 Å². The summed E-state index contributed by atoms with van der Waals surface area (Å²) in [5.41, 5.74) is 15.2. The molecule has 0 fully saturated rings. The second-order valence-corrected chi connectivity index (χ2v) is 28.5. The van der Waals surface area contributed by atoms with Gasteiger partial charge in [-0.3, -0.25) is 0 Å². The molecule has 0 heterocycles. The number of aryl methyl sites for hydroxylation is 4. The Morgan fingerprint density at radius 1 is 0.210 bits per heavy atom. The van der Waals surface area contributed by atoms with E-state index < -0.39 is 0 Å². The number of hydrogen-bond acceptors (Lipinski definition) is 0. The van der Waals surface area contributed by atoms with Crippen LogP contribution in [-0.4, -0.2) is 0 Å². The Hall–Kier alpha value is -7.28. The van der Waals surface area contributed by atoms with Crippen molar-refractivity contribution in [2.45, 2.75) is 166 Å². The monoisotopic (exact) mass is 1060 g/mol. The summed E-state index contributed by atoms with van der Waals surface area (Å²) < 4.78 is 0. The van der Waals surface area contributed by atoms with E-state index in [-0.39, 0.29) is 27.1 Å². The Morgan fingerprint density at radius 2 is 0.605 bits per heavy atom. The van der Waals surface area contributed by atoms with Crippen LogP contribution in [0.5, 0.6) is 0 Å². The number of fused-ring (bicyclic) bond motifs is 9. The molecule has 0 bridgehead atoms. The largest absolute Gasteiger partial charge is 0.0616 e. The van der Waals surface area contributed by atoms with E-state index in [1.807, 2.05) is 0 Å². The molecule has 0 saturated carbocycles. The standard InChI is InChI=1S/C23H28.C20H22.2C19H20/c1-15-17-13-12-16-10-8-9-11-18(16)21(17)20(23(5,6)7)14-19(15)22(2,3)4;1-13-10-17-11-15-8-6-7-9-16(15)12-18(17)19(14(13)2)20(3,4)5;1-13-9-16-10-14-7-5-6-8-15(14)11-17(16)12-18(13)19(2,3)4;1-13-17-12-15-8-6-5-7-14(15)11-16(17)9-10-18(13)19(2,3)4/h8-14H,1-7H3;6-12H,1-5H3;2*5-12H,1-4H3. The van der Waals surface area contributed by atoms with Gasteiger partial charge in [0.2, 0.25) is 0 Å². The summed E-state index contributed by atoms with van der Waals surface area (Å²) in [5.74, 6) is 0. The zero-order valence-electron chi connectivity index (χ0n) is 52.8. The van der Waals surface area contributed by atoms with Crippen LogP contribution >= 0.6 is 0 Å². The van der Waals surface area contributed by atoms with Gasteiger partial charge in [0.1, 0.15) is 0 Å². The van der Waals surface area contributed by atoms with E-state index in [1.165, 1.54) is 142 Å². The molecule has 0 aliphatic heterocycles. The summed E-state index contributed by atoms with van der Waals surface area (Å²) in [6.45, 7) is 45.7. The maximum absolute atomic E-state index is 2.46. The number of rotatable bonds is 0. The fraction of sp³-hybridized carbons (Fsp3) is 0.309. The highest BCUT2D eigenvalue weighted by atomic mass is 14.3. The molecular weight excluding hydrogens is 973 g/mol. The van der Waals surface area contributed by atoms with Gasteiger partial charge >= 0.3 is 0 Å². The Labute approximate surface area is 486 Å². The van der Waals surface area contributed by atoms with Gasteiger partial charge in [-0.1, -0.05) is 249 Å². The topological polar surface area (TPSA) is 0 Å². The maximum Gasteiger partial charge on any atom is -0.00651 e. The van der Waals surface area contributed by atoms with Crippen molar-refractivity contribution in [3.05, 3.63) is 238 Å². The molecule has 414 valence electrons. The fourth-order valence-electron chi connectivity index (χ4n) is 12.9. The van der Waals surface area contributed by atoms with Gasteiger partial charge in [-0.2, -0.15) is 0 Å². The van der Waals surface area contributed by atoms with Crippen molar-refractivity contribution in [1.82, 2.24) is 0 Å². The van der Waals surface area contributed by atoms with Gasteiger partial charge in [0.05, 0.1) is 0 Å². The minimum absolute atomic E-state index is 0.121. The van der Waals surface area contributed by atoms with Crippen molar-refractivity contribution < 1.29 is 0 Å². The van der Waals surface area contributed by atoms with Gasteiger partial charge in [-0.25, -0.2) is 0 Å². The number of benzene rings is 12. The second-order valence-electron chi connectivity index (χ2n) is 28.5. The predicted octanol–water partition coefficient (Wildman–Crippen LogP) is 24.0. The molecule has 0 radical (unpaired) electrons.